The van der Waals surface area contributed by atoms with E-state index in [1.807, 2.05) is 42.6 Å². The van der Waals surface area contributed by atoms with Crippen LogP contribution in [0.1, 0.15) is 15.2 Å². The summed E-state index contributed by atoms with van der Waals surface area (Å²) < 4.78 is 4.89. The molecule has 0 spiro atoms. The normalized spacial score (nSPS) is 12.2. The third-order valence-corrected chi connectivity index (χ3v) is 4.31. The van der Waals surface area contributed by atoms with E-state index in [0.717, 1.165) is 11.1 Å². The van der Waals surface area contributed by atoms with Crippen LogP contribution in [0.2, 0.25) is 0 Å². The molecule has 118 valence electrons. The average molecular weight is 319 g/mol. The molecule has 1 atom stereocenters. The summed E-state index contributed by atoms with van der Waals surface area (Å²) in [7, 11) is 3.22. The number of benzene rings is 1. The molecule has 1 heterocycles. The predicted molar refractivity (Wildman–Crippen MR) is 89.3 cm³/mol. The van der Waals surface area contributed by atoms with Crippen molar-refractivity contribution in [2.75, 3.05) is 27.3 Å². The maximum absolute atomic E-state index is 12.6. The number of nitrogens with zero attached hydrogens (tertiary/aromatic N) is 1. The summed E-state index contributed by atoms with van der Waals surface area (Å²) >= 11 is 1.42. The van der Waals surface area contributed by atoms with Gasteiger partial charge < -0.3 is 14.7 Å². The zero-order valence-electron chi connectivity index (χ0n) is 13.1. The molecule has 1 aromatic carbocycles. The van der Waals surface area contributed by atoms with Gasteiger partial charge in [-0.05, 0) is 23.9 Å². The van der Waals surface area contributed by atoms with Crippen LogP contribution in [0.25, 0.3) is 11.1 Å². The summed E-state index contributed by atoms with van der Waals surface area (Å²) in [5.41, 5.74) is 3.15. The Morgan fingerprint density at radius 2 is 2.00 bits per heavy atom. The molecule has 0 saturated heterocycles. The predicted octanol–water partition coefficient (Wildman–Crippen LogP) is 2.80. The molecular weight excluding hydrogens is 298 g/mol. The van der Waals surface area contributed by atoms with Crippen LogP contribution in [0.3, 0.4) is 0 Å². The van der Waals surface area contributed by atoms with Gasteiger partial charge in [-0.2, -0.15) is 0 Å². The molecule has 0 aliphatic carbocycles. The third kappa shape index (κ3) is 3.94. The van der Waals surface area contributed by atoms with Gasteiger partial charge in [-0.1, -0.05) is 29.8 Å². The highest BCUT2D eigenvalue weighted by atomic mass is 32.1. The molecule has 4 nitrogen and oxygen atoms in total. The second kappa shape index (κ2) is 7.54. The highest BCUT2D eigenvalue weighted by molar-refractivity contribution is 7.12. The molecule has 0 fully saturated rings. The van der Waals surface area contributed by atoms with Crippen molar-refractivity contribution in [2.45, 2.75) is 13.0 Å². The number of thiophene rings is 1. The highest BCUT2D eigenvalue weighted by Gasteiger charge is 2.20. The van der Waals surface area contributed by atoms with E-state index >= 15 is 0 Å². The van der Waals surface area contributed by atoms with Gasteiger partial charge in [-0.15, -0.1) is 11.3 Å². The topological polar surface area (TPSA) is 49.8 Å². The Morgan fingerprint density at radius 3 is 2.64 bits per heavy atom. The molecule has 1 aromatic heterocycles. The molecule has 2 aromatic rings. The lowest BCUT2D eigenvalue weighted by Gasteiger charge is -2.20. The number of methoxy groups -OCH3 is 1. The fourth-order valence-corrected chi connectivity index (χ4v) is 3.16. The molecule has 22 heavy (non-hydrogen) atoms. The molecule has 1 unspecified atom stereocenters. The number of aryl methyl sites for hydroxylation is 1. The minimum absolute atomic E-state index is 0.0827. The van der Waals surface area contributed by atoms with Gasteiger partial charge in [0.2, 0.25) is 0 Å². The number of carbonyl (C=O) groups excluding carboxylic acids is 1. The summed E-state index contributed by atoms with van der Waals surface area (Å²) in [5, 5.41) is 11.7. The molecule has 0 aliphatic heterocycles. The standard InChI is InChI=1S/C17H21NO3S/c1-12-4-6-13(7-5-12)15-8-9-22-16(15)17(20)18(2)10-14(19)11-21-3/h4-9,14,19H,10-11H2,1-3H3. The molecule has 0 saturated carbocycles. The molecule has 0 radical (unpaired) electrons. The number of carbonyl (C=O) groups is 1. The first kappa shape index (κ1) is 16.7. The fraction of sp³-hybridized carbons (Fsp3) is 0.353. The van der Waals surface area contributed by atoms with Gasteiger partial charge in [0.1, 0.15) is 0 Å². The molecule has 0 aliphatic rings. The van der Waals surface area contributed by atoms with Gasteiger partial charge in [0.05, 0.1) is 17.6 Å². The van der Waals surface area contributed by atoms with Crippen molar-refractivity contribution in [3.8, 4) is 11.1 Å². The number of amides is 1. The number of hydrogen-bond donors (Lipinski definition) is 1. The second-order valence-corrected chi connectivity index (χ2v) is 6.24. The number of ether oxygens (including phenoxy) is 1. The van der Waals surface area contributed by atoms with Crippen LogP contribution >= 0.6 is 11.3 Å². The van der Waals surface area contributed by atoms with Crippen molar-refractivity contribution in [2.24, 2.45) is 0 Å². The SMILES string of the molecule is COCC(O)CN(C)C(=O)c1sccc1-c1ccc(C)cc1. The molecule has 2 rings (SSSR count). The smallest absolute Gasteiger partial charge is 0.264 e. The van der Waals surface area contributed by atoms with Crippen molar-refractivity contribution in [1.29, 1.82) is 0 Å². The zero-order valence-corrected chi connectivity index (χ0v) is 13.9. The fourth-order valence-electron chi connectivity index (χ4n) is 2.25. The Bertz CT molecular complexity index is 621. The van der Waals surface area contributed by atoms with Crippen LogP contribution in [-0.4, -0.2) is 49.3 Å². The van der Waals surface area contributed by atoms with E-state index in [9.17, 15) is 9.90 Å². The quantitative estimate of drug-likeness (QED) is 0.891. The van der Waals surface area contributed by atoms with Crippen LogP contribution in [0.15, 0.2) is 35.7 Å². The lowest BCUT2D eigenvalue weighted by molar-refractivity contribution is 0.0382. The van der Waals surface area contributed by atoms with E-state index < -0.39 is 6.10 Å². The van der Waals surface area contributed by atoms with Gasteiger partial charge >= 0.3 is 0 Å². The second-order valence-electron chi connectivity index (χ2n) is 5.32. The molecule has 0 bridgehead atoms. The first-order valence-corrected chi connectivity index (χ1v) is 7.98. The monoisotopic (exact) mass is 319 g/mol. The maximum Gasteiger partial charge on any atom is 0.264 e. The summed E-state index contributed by atoms with van der Waals surface area (Å²) in [6, 6.07) is 10.1. The number of rotatable bonds is 6. The summed E-state index contributed by atoms with van der Waals surface area (Å²) in [5.74, 6) is -0.0827. The van der Waals surface area contributed by atoms with E-state index in [0.29, 0.717) is 4.88 Å². The largest absolute Gasteiger partial charge is 0.389 e. The van der Waals surface area contributed by atoms with Crippen molar-refractivity contribution < 1.29 is 14.6 Å². The van der Waals surface area contributed by atoms with Crippen molar-refractivity contribution >= 4 is 17.2 Å². The van der Waals surface area contributed by atoms with Gasteiger partial charge in [-0.3, -0.25) is 4.79 Å². The van der Waals surface area contributed by atoms with Crippen LogP contribution in [-0.2, 0) is 4.74 Å². The Labute approximate surface area is 135 Å². The van der Waals surface area contributed by atoms with E-state index in [1.165, 1.54) is 28.9 Å². The first-order valence-electron chi connectivity index (χ1n) is 7.10. The zero-order chi connectivity index (χ0) is 16.1. The minimum atomic E-state index is -0.679. The molecule has 5 heteroatoms. The van der Waals surface area contributed by atoms with Gasteiger partial charge in [0.25, 0.3) is 5.91 Å². The van der Waals surface area contributed by atoms with Crippen molar-refractivity contribution in [3.63, 3.8) is 0 Å². The summed E-state index contributed by atoms with van der Waals surface area (Å²) in [6.45, 7) is 2.50. The van der Waals surface area contributed by atoms with Gasteiger partial charge in [0.15, 0.2) is 0 Å². The van der Waals surface area contributed by atoms with E-state index in [2.05, 4.69) is 0 Å². The number of aliphatic hydroxyl groups is 1. The number of aliphatic hydroxyl groups excluding tert-OH is 1. The maximum atomic E-state index is 12.6. The summed E-state index contributed by atoms with van der Waals surface area (Å²) in [4.78, 5) is 14.8. The first-order chi connectivity index (χ1) is 10.5. The highest BCUT2D eigenvalue weighted by Crippen LogP contribution is 2.29. The van der Waals surface area contributed by atoms with Crippen molar-refractivity contribution in [3.05, 3.63) is 46.2 Å². The lowest BCUT2D eigenvalue weighted by Crippen LogP contribution is -2.36. The lowest BCUT2D eigenvalue weighted by atomic mass is 10.0. The van der Waals surface area contributed by atoms with Crippen LogP contribution in [0.4, 0.5) is 0 Å². The molecular formula is C17H21NO3S. The number of hydrogen-bond acceptors (Lipinski definition) is 4. The van der Waals surface area contributed by atoms with E-state index in [4.69, 9.17) is 4.74 Å². The Kier molecular flexibility index (Phi) is 5.71. The van der Waals surface area contributed by atoms with Crippen LogP contribution < -0.4 is 0 Å². The van der Waals surface area contributed by atoms with E-state index in [-0.39, 0.29) is 19.1 Å². The van der Waals surface area contributed by atoms with Gasteiger partial charge in [-0.25, -0.2) is 0 Å². The van der Waals surface area contributed by atoms with Gasteiger partial charge in [0, 0.05) is 26.3 Å². The van der Waals surface area contributed by atoms with Crippen LogP contribution in [0, 0.1) is 6.92 Å². The van der Waals surface area contributed by atoms with Crippen LogP contribution in [0.5, 0.6) is 0 Å². The Balaban J connectivity index is 2.17. The number of likely N-dealkylation sites (N-methyl/N-ethyl adjacent to an activating group) is 1. The Morgan fingerprint density at radius 1 is 1.32 bits per heavy atom. The van der Waals surface area contributed by atoms with E-state index in [1.54, 1.807) is 7.05 Å². The molecule has 1 amide bonds. The minimum Gasteiger partial charge on any atom is -0.389 e. The summed E-state index contributed by atoms with van der Waals surface area (Å²) in [6.07, 6.45) is -0.679. The van der Waals surface area contributed by atoms with Crippen molar-refractivity contribution in [1.82, 2.24) is 4.90 Å². The average Bonchev–Trinajstić information content (AvgIpc) is 2.96. The third-order valence-electron chi connectivity index (χ3n) is 3.41. The Hall–Kier alpha value is -1.69. The molecule has 1 N–H and O–H groups in total.